The normalized spacial score (nSPS) is 15.2. The Bertz CT molecular complexity index is 920. The van der Waals surface area contributed by atoms with Crippen molar-refractivity contribution in [3.8, 4) is 0 Å². The third-order valence-corrected chi connectivity index (χ3v) is 5.19. The van der Waals surface area contributed by atoms with E-state index in [2.05, 4.69) is 37.3 Å². The van der Waals surface area contributed by atoms with E-state index in [0.717, 1.165) is 32.4 Å². The number of aromatic nitrogens is 4. The average Bonchev–Trinajstić information content (AvgIpc) is 3.12. The van der Waals surface area contributed by atoms with Gasteiger partial charge in [-0.15, -0.1) is 0 Å². The number of carbonyl (C=O) groups excluding carboxylic acids is 1. The molecule has 0 atom stereocenters. The maximum atomic E-state index is 12.3. The molecule has 1 N–H and O–H groups in total. The lowest BCUT2D eigenvalue weighted by atomic mass is 9.93. The van der Waals surface area contributed by atoms with Crippen LogP contribution in [-0.4, -0.2) is 44.9 Å². The van der Waals surface area contributed by atoms with Crippen LogP contribution in [0.5, 0.6) is 0 Å². The molecule has 140 valence electrons. The predicted molar refractivity (Wildman–Crippen MR) is 104 cm³/mol. The molecule has 3 aromatic heterocycles. The molecule has 4 heterocycles. The van der Waals surface area contributed by atoms with Gasteiger partial charge in [0.1, 0.15) is 5.69 Å². The molecule has 1 aliphatic rings. The van der Waals surface area contributed by atoms with Crippen molar-refractivity contribution in [2.45, 2.75) is 19.3 Å². The van der Waals surface area contributed by atoms with Gasteiger partial charge in [-0.3, -0.25) is 14.2 Å². The van der Waals surface area contributed by atoms with Gasteiger partial charge in [-0.05, 0) is 37.3 Å². The van der Waals surface area contributed by atoms with Crippen LogP contribution in [0.3, 0.4) is 0 Å². The van der Waals surface area contributed by atoms with E-state index in [0.29, 0.717) is 29.0 Å². The summed E-state index contributed by atoms with van der Waals surface area (Å²) in [5, 5.41) is 3.47. The van der Waals surface area contributed by atoms with Gasteiger partial charge < -0.3 is 10.2 Å². The molecule has 1 amide bonds. The van der Waals surface area contributed by atoms with Crippen LogP contribution in [0.2, 0.25) is 5.02 Å². The minimum Gasteiger partial charge on any atom is -0.371 e. The lowest BCUT2D eigenvalue weighted by Gasteiger charge is -2.33. The van der Waals surface area contributed by atoms with E-state index >= 15 is 0 Å². The van der Waals surface area contributed by atoms with Gasteiger partial charge in [-0.25, -0.2) is 9.97 Å². The topological polar surface area (TPSA) is 75.4 Å². The van der Waals surface area contributed by atoms with Crippen molar-refractivity contribution in [2.75, 3.05) is 24.5 Å². The molecule has 27 heavy (non-hydrogen) atoms. The summed E-state index contributed by atoms with van der Waals surface area (Å²) in [6.07, 6.45) is 11.8. The SMILES string of the molecule is O=C(NCCC1CCN(c2ccncc2)CC1)c1cn2cc(Cl)cnc2n1. The number of nitrogens with one attached hydrogen (secondary N) is 1. The molecule has 8 heteroatoms. The fourth-order valence-corrected chi connectivity index (χ4v) is 3.64. The zero-order chi connectivity index (χ0) is 18.6. The van der Waals surface area contributed by atoms with Gasteiger partial charge >= 0.3 is 0 Å². The van der Waals surface area contributed by atoms with E-state index in [4.69, 9.17) is 11.6 Å². The second kappa shape index (κ2) is 7.92. The van der Waals surface area contributed by atoms with Crippen LogP contribution < -0.4 is 10.2 Å². The summed E-state index contributed by atoms with van der Waals surface area (Å²) in [7, 11) is 0. The number of pyridine rings is 1. The first-order valence-corrected chi connectivity index (χ1v) is 9.50. The number of amides is 1. The fraction of sp³-hybridized carbons (Fsp3) is 0.368. The molecule has 4 rings (SSSR count). The van der Waals surface area contributed by atoms with Crippen molar-refractivity contribution >= 4 is 29.0 Å². The minimum atomic E-state index is -0.175. The lowest BCUT2D eigenvalue weighted by molar-refractivity contribution is 0.0946. The van der Waals surface area contributed by atoms with Crippen LogP contribution in [0, 0.1) is 5.92 Å². The van der Waals surface area contributed by atoms with Crippen LogP contribution in [-0.2, 0) is 0 Å². The van der Waals surface area contributed by atoms with Crippen LogP contribution in [0.1, 0.15) is 29.8 Å². The largest absolute Gasteiger partial charge is 0.371 e. The van der Waals surface area contributed by atoms with Gasteiger partial charge in [0, 0.05) is 50.1 Å². The van der Waals surface area contributed by atoms with Gasteiger partial charge in [0.25, 0.3) is 5.91 Å². The first kappa shape index (κ1) is 17.7. The van der Waals surface area contributed by atoms with Gasteiger partial charge in [0.2, 0.25) is 5.78 Å². The summed E-state index contributed by atoms with van der Waals surface area (Å²) in [6.45, 7) is 2.74. The first-order valence-electron chi connectivity index (χ1n) is 9.12. The van der Waals surface area contributed by atoms with Crippen LogP contribution >= 0.6 is 11.6 Å². The van der Waals surface area contributed by atoms with E-state index in [9.17, 15) is 4.79 Å². The van der Waals surface area contributed by atoms with E-state index in [-0.39, 0.29) is 5.91 Å². The van der Waals surface area contributed by atoms with Crippen molar-refractivity contribution in [3.63, 3.8) is 0 Å². The van der Waals surface area contributed by atoms with Crippen LogP contribution in [0.25, 0.3) is 5.78 Å². The Hall–Kier alpha value is -2.67. The molecule has 0 spiro atoms. The number of carbonyl (C=O) groups is 1. The number of fused-ring (bicyclic) bond motifs is 1. The predicted octanol–water partition coefficient (Wildman–Crippen LogP) is 2.81. The number of piperidine rings is 1. The highest BCUT2D eigenvalue weighted by Gasteiger charge is 2.20. The molecule has 0 aliphatic carbocycles. The number of halogens is 1. The molecule has 0 aromatic carbocycles. The molecule has 0 radical (unpaired) electrons. The van der Waals surface area contributed by atoms with Crippen LogP contribution in [0.4, 0.5) is 5.69 Å². The quantitative estimate of drug-likeness (QED) is 0.732. The van der Waals surface area contributed by atoms with Crippen molar-refractivity contribution in [2.24, 2.45) is 5.92 Å². The Labute approximate surface area is 162 Å². The maximum absolute atomic E-state index is 12.3. The number of imidazole rings is 1. The Morgan fingerprint density at radius 2 is 2.00 bits per heavy atom. The summed E-state index contributed by atoms with van der Waals surface area (Å²) in [4.78, 5) is 27.1. The van der Waals surface area contributed by atoms with Crippen molar-refractivity contribution in [1.29, 1.82) is 0 Å². The van der Waals surface area contributed by atoms with Gasteiger partial charge in [-0.2, -0.15) is 0 Å². The van der Waals surface area contributed by atoms with E-state index in [1.807, 2.05) is 12.4 Å². The highest BCUT2D eigenvalue weighted by atomic mass is 35.5. The molecule has 0 saturated carbocycles. The zero-order valence-corrected chi connectivity index (χ0v) is 15.6. The molecular formula is C19H21ClN6O. The molecule has 0 unspecified atom stereocenters. The maximum Gasteiger partial charge on any atom is 0.271 e. The highest BCUT2D eigenvalue weighted by molar-refractivity contribution is 6.30. The third-order valence-electron chi connectivity index (χ3n) is 4.99. The molecule has 3 aromatic rings. The summed E-state index contributed by atoms with van der Waals surface area (Å²) < 4.78 is 1.66. The lowest BCUT2D eigenvalue weighted by Crippen LogP contribution is -2.35. The average molecular weight is 385 g/mol. The number of nitrogens with zero attached hydrogens (tertiary/aromatic N) is 5. The van der Waals surface area contributed by atoms with Crippen molar-refractivity contribution < 1.29 is 4.79 Å². The molecule has 1 fully saturated rings. The number of hydrogen-bond acceptors (Lipinski definition) is 5. The molecule has 1 aliphatic heterocycles. The number of rotatable bonds is 5. The second-order valence-electron chi connectivity index (χ2n) is 6.79. The van der Waals surface area contributed by atoms with Crippen molar-refractivity contribution in [3.05, 3.63) is 53.8 Å². The summed E-state index contributed by atoms with van der Waals surface area (Å²) >= 11 is 5.91. The molecule has 0 bridgehead atoms. The van der Waals surface area contributed by atoms with E-state index in [1.165, 1.54) is 11.9 Å². The minimum absolute atomic E-state index is 0.175. The summed E-state index contributed by atoms with van der Waals surface area (Å²) in [5.74, 6) is 0.920. The Kier molecular flexibility index (Phi) is 5.20. The zero-order valence-electron chi connectivity index (χ0n) is 14.9. The Morgan fingerprint density at radius 3 is 2.78 bits per heavy atom. The summed E-state index contributed by atoms with van der Waals surface area (Å²) in [6, 6.07) is 4.11. The molecule has 1 saturated heterocycles. The van der Waals surface area contributed by atoms with Crippen LogP contribution in [0.15, 0.2) is 43.1 Å². The van der Waals surface area contributed by atoms with Gasteiger partial charge in [-0.1, -0.05) is 11.6 Å². The smallest absolute Gasteiger partial charge is 0.271 e. The van der Waals surface area contributed by atoms with E-state index in [1.54, 1.807) is 16.8 Å². The second-order valence-corrected chi connectivity index (χ2v) is 7.22. The highest BCUT2D eigenvalue weighted by Crippen LogP contribution is 2.24. The number of anilines is 1. The monoisotopic (exact) mass is 384 g/mol. The number of hydrogen-bond donors (Lipinski definition) is 1. The molecule has 7 nitrogen and oxygen atoms in total. The standard InChI is InChI=1S/C19H21ClN6O/c20-15-11-23-19-24-17(13-26(19)12-15)18(27)22-8-1-14-4-9-25(10-5-14)16-2-6-21-7-3-16/h2-3,6-7,11-14H,1,4-5,8-10H2,(H,22,27). The summed E-state index contributed by atoms with van der Waals surface area (Å²) in [5.41, 5.74) is 1.59. The fourth-order valence-electron chi connectivity index (χ4n) is 3.48. The first-order chi connectivity index (χ1) is 13.2. The van der Waals surface area contributed by atoms with Gasteiger partial charge in [0.15, 0.2) is 0 Å². The Balaban J connectivity index is 1.24. The van der Waals surface area contributed by atoms with Gasteiger partial charge in [0.05, 0.1) is 11.2 Å². The van der Waals surface area contributed by atoms with Crippen molar-refractivity contribution in [1.82, 2.24) is 24.7 Å². The molecular weight excluding hydrogens is 364 g/mol. The third kappa shape index (κ3) is 4.19. The van der Waals surface area contributed by atoms with E-state index < -0.39 is 0 Å². The Morgan fingerprint density at radius 1 is 1.22 bits per heavy atom.